The molecule has 15 rings (SSSR count). The Kier molecular flexibility index (Phi) is 21.0. The maximum Gasteiger partial charge on any atom is 0.259 e. The van der Waals surface area contributed by atoms with E-state index in [-0.39, 0.29) is 95.3 Å². The second kappa shape index (κ2) is 31.0. The summed E-state index contributed by atoms with van der Waals surface area (Å²) in [5, 5.41) is 70.5. The van der Waals surface area contributed by atoms with E-state index in [4.69, 9.17) is 92.7 Å². The van der Waals surface area contributed by atoms with E-state index in [0.717, 1.165) is 30.0 Å². The molecule has 1 aliphatic rings. The molecular formula is C80H78Cl3N19O10. The Morgan fingerprint density at radius 3 is 1.38 bits per heavy atom. The van der Waals surface area contributed by atoms with Crippen molar-refractivity contribution in [2.75, 3.05) is 46.6 Å². The third-order valence-electron chi connectivity index (χ3n) is 20.5. The van der Waals surface area contributed by atoms with E-state index < -0.39 is 16.8 Å². The lowest BCUT2D eigenvalue weighted by atomic mass is 9.82. The van der Waals surface area contributed by atoms with E-state index in [9.17, 15) is 15.3 Å². The van der Waals surface area contributed by atoms with Crippen molar-refractivity contribution in [1.82, 2.24) is 94.9 Å². The maximum atomic E-state index is 13.2. The van der Waals surface area contributed by atoms with Gasteiger partial charge in [-0.3, -0.25) is 19.9 Å². The van der Waals surface area contributed by atoms with Crippen LogP contribution in [-0.4, -0.2) is 157 Å². The van der Waals surface area contributed by atoms with Crippen LogP contribution in [0.1, 0.15) is 114 Å². The summed E-state index contributed by atoms with van der Waals surface area (Å²) in [4.78, 5) is 40.0. The number of hydrogen-bond acceptors (Lipinski definition) is 26. The van der Waals surface area contributed by atoms with Crippen LogP contribution in [-0.2, 0) is 57.6 Å². The molecule has 3 aromatic carbocycles. The zero-order valence-corrected chi connectivity index (χ0v) is 65.4. The van der Waals surface area contributed by atoms with Gasteiger partial charge < -0.3 is 48.3 Å². The molecule has 1 aliphatic heterocycles. The fourth-order valence-electron chi connectivity index (χ4n) is 14.8. The van der Waals surface area contributed by atoms with Crippen LogP contribution in [0.2, 0.25) is 15.1 Å². The Labute approximate surface area is 657 Å². The SMILES string of the molecule is COc1nc2ccc(C(O)(c3ccc(C)nc3C)c3cnnn3C)cc2c(Cl)c1OCCN1CCC(COc2nc3ccc(C(O)(c4ccc(C)nc4C)c4cnnn4C)cc3c(Cl)c2OCc2c(CCOc3nc4ccc(C(O)(c5ccc(C)nc5C)c5cnnn5C)cc4c(Cl)c3OCc3ncccn3)noc2C)C1. The van der Waals surface area contributed by atoms with Crippen LogP contribution in [0.5, 0.6) is 34.9 Å². The van der Waals surface area contributed by atoms with E-state index in [1.165, 1.54) is 39.7 Å². The number of fused-ring (bicyclic) bond motifs is 3. The monoisotopic (exact) mass is 1570 g/mol. The summed E-state index contributed by atoms with van der Waals surface area (Å²) in [5.41, 5.74) is 5.52. The fraction of sp³-hybridized carbons (Fsp3) is 0.312. The lowest BCUT2D eigenvalue weighted by Crippen LogP contribution is -2.32. The van der Waals surface area contributed by atoms with Crippen LogP contribution < -0.4 is 28.4 Å². The van der Waals surface area contributed by atoms with Gasteiger partial charge in [0, 0.05) is 126 Å². The largest absolute Gasteiger partial charge is 0.485 e. The summed E-state index contributed by atoms with van der Waals surface area (Å²) in [7, 11) is 6.65. The number of aryl methyl sites for hydroxylation is 10. The molecule has 0 aliphatic carbocycles. The van der Waals surface area contributed by atoms with E-state index in [1.54, 1.807) is 101 Å². The molecule has 11 aromatic heterocycles. The molecule has 0 bridgehead atoms. The van der Waals surface area contributed by atoms with Crippen molar-refractivity contribution in [2.45, 2.75) is 91.3 Å². The Bertz CT molecular complexity index is 5910. The van der Waals surface area contributed by atoms with Crippen LogP contribution in [0.25, 0.3) is 32.7 Å². The first-order chi connectivity index (χ1) is 53.9. The predicted molar refractivity (Wildman–Crippen MR) is 414 cm³/mol. The van der Waals surface area contributed by atoms with Gasteiger partial charge in [0.2, 0.25) is 17.2 Å². The summed E-state index contributed by atoms with van der Waals surface area (Å²) < 4.78 is 49.3. The Morgan fingerprint density at radius 1 is 0.509 bits per heavy atom. The topological polar surface area (TPSA) is 341 Å². The number of rotatable bonds is 27. The second-order valence-corrected chi connectivity index (χ2v) is 29.0. The van der Waals surface area contributed by atoms with E-state index >= 15 is 0 Å². The lowest BCUT2D eigenvalue weighted by molar-refractivity contribution is 0.114. The van der Waals surface area contributed by atoms with Gasteiger partial charge in [-0.05, 0) is 139 Å². The van der Waals surface area contributed by atoms with Crippen molar-refractivity contribution in [1.29, 1.82) is 0 Å². The lowest BCUT2D eigenvalue weighted by Gasteiger charge is -2.30. The number of methoxy groups -OCH3 is 1. The van der Waals surface area contributed by atoms with Crippen molar-refractivity contribution in [3.05, 3.63) is 251 Å². The zero-order valence-electron chi connectivity index (χ0n) is 63.1. The summed E-state index contributed by atoms with van der Waals surface area (Å²) in [6.07, 6.45) is 8.73. The Hall–Kier alpha value is -11.4. The van der Waals surface area contributed by atoms with Gasteiger partial charge >= 0.3 is 0 Å². The minimum absolute atomic E-state index is 0.00280. The molecule has 0 saturated carbocycles. The van der Waals surface area contributed by atoms with Gasteiger partial charge in [-0.2, -0.15) is 0 Å². The molecule has 1 fully saturated rings. The Balaban J connectivity index is 0.695. The molecule has 574 valence electrons. The number of aromatic nitrogens is 18. The molecule has 0 spiro atoms. The molecule has 3 N–H and O–H groups in total. The average molecular weight is 1570 g/mol. The van der Waals surface area contributed by atoms with Gasteiger partial charge in [0.1, 0.15) is 25.6 Å². The van der Waals surface area contributed by atoms with Crippen molar-refractivity contribution < 1.29 is 48.3 Å². The number of aliphatic hydroxyl groups is 3. The quantitative estimate of drug-likeness (QED) is 0.0430. The maximum absolute atomic E-state index is 13.2. The zero-order chi connectivity index (χ0) is 78.5. The van der Waals surface area contributed by atoms with Gasteiger partial charge in [0.25, 0.3) is 17.6 Å². The number of hydrogen-bond donors (Lipinski definition) is 3. The highest BCUT2D eigenvalue weighted by atomic mass is 35.5. The number of likely N-dealkylation sites (tertiary alicyclic amines) is 1. The summed E-state index contributed by atoms with van der Waals surface area (Å²) >= 11 is 22.4. The van der Waals surface area contributed by atoms with Gasteiger partial charge in [0.05, 0.1) is 98.9 Å². The molecule has 0 amide bonds. The number of benzene rings is 3. The Morgan fingerprint density at radius 2 is 0.946 bits per heavy atom. The van der Waals surface area contributed by atoms with E-state index in [2.05, 4.69) is 55.9 Å². The first-order valence-electron chi connectivity index (χ1n) is 36.0. The summed E-state index contributed by atoms with van der Waals surface area (Å²) in [6.45, 7) is 15.1. The van der Waals surface area contributed by atoms with Crippen molar-refractivity contribution in [2.24, 2.45) is 27.1 Å². The van der Waals surface area contributed by atoms with Crippen LogP contribution in [0.4, 0.5) is 0 Å². The van der Waals surface area contributed by atoms with Crippen LogP contribution in [0.15, 0.2) is 133 Å². The first kappa shape index (κ1) is 76.0. The molecule has 4 unspecified atom stereocenters. The van der Waals surface area contributed by atoms with Crippen LogP contribution in [0, 0.1) is 54.4 Å². The van der Waals surface area contributed by atoms with Crippen molar-refractivity contribution in [3.8, 4) is 34.9 Å². The van der Waals surface area contributed by atoms with E-state index in [1.807, 2.05) is 77.9 Å². The van der Waals surface area contributed by atoms with Crippen molar-refractivity contribution >= 4 is 67.5 Å². The molecule has 14 aromatic rings. The number of pyridine rings is 6. The fourth-order valence-corrected chi connectivity index (χ4v) is 15.7. The van der Waals surface area contributed by atoms with Crippen molar-refractivity contribution in [3.63, 3.8) is 0 Å². The highest BCUT2D eigenvalue weighted by Crippen LogP contribution is 2.48. The average Bonchev–Trinajstić information content (AvgIpc) is 1.22. The number of nitrogens with zero attached hydrogens (tertiary/aromatic N) is 19. The van der Waals surface area contributed by atoms with Gasteiger partial charge in [0.15, 0.2) is 22.6 Å². The normalized spacial score (nSPS) is 14.9. The third-order valence-corrected chi connectivity index (χ3v) is 21.7. The molecule has 29 nitrogen and oxygen atoms in total. The predicted octanol–water partition coefficient (Wildman–Crippen LogP) is 11.2. The molecule has 4 atom stereocenters. The van der Waals surface area contributed by atoms with Gasteiger partial charge in [-0.1, -0.05) is 92.0 Å². The summed E-state index contributed by atoms with van der Waals surface area (Å²) in [5.74, 6) is 1.75. The van der Waals surface area contributed by atoms with E-state index in [0.29, 0.717) is 136 Å². The van der Waals surface area contributed by atoms with Crippen LogP contribution in [0.3, 0.4) is 0 Å². The molecule has 112 heavy (non-hydrogen) atoms. The van der Waals surface area contributed by atoms with Gasteiger partial charge in [-0.25, -0.2) is 39.0 Å². The first-order valence-corrected chi connectivity index (χ1v) is 37.2. The molecular weight excluding hydrogens is 1490 g/mol. The van der Waals surface area contributed by atoms with Gasteiger partial charge in [-0.15, -0.1) is 15.3 Å². The standard InChI is InChI=1S/C80H78Cl3N19O10/c1-43-13-19-58(46(4)89-43)78(103,65-36-86-96-99(65)8)51-16-22-61-54(33-51)69(81)72(75(92-61)106-11)107-32-30-102-29-25-50(39-102)40-111-77-74(71(83)56-35-53(18-24-63(56)94-77)80(105,67-38-88-98-101(67)10)60-21-15-45(3)91-48(60)6)109-41-57-49(7)112-95-64(57)26-31-108-76-73(110-42-68-84-27-12-28-85-68)70(82)55-34-52(17-23-62(55)93-76)79(104,66-37-87-97-100(66)9)59-20-14-44(2)90-47(59)5/h12-24,27-28,33-38,50,103-105H,25-26,29-32,39-42H2,1-11H3. The molecule has 32 heteroatoms. The minimum Gasteiger partial charge on any atom is -0.485 e. The second-order valence-electron chi connectivity index (χ2n) is 27.8. The minimum atomic E-state index is -1.82. The number of halogens is 3. The van der Waals surface area contributed by atoms with Crippen LogP contribution >= 0.6 is 34.8 Å². The smallest absolute Gasteiger partial charge is 0.259 e. The molecule has 1 saturated heterocycles. The molecule has 0 radical (unpaired) electrons. The third kappa shape index (κ3) is 14.1. The highest BCUT2D eigenvalue weighted by Gasteiger charge is 2.43. The molecule has 12 heterocycles. The summed E-state index contributed by atoms with van der Waals surface area (Å²) in [6, 6.07) is 28.7. The number of ether oxygens (including phenoxy) is 6. The highest BCUT2D eigenvalue weighted by molar-refractivity contribution is 6.38.